The minimum Gasteiger partial charge on any atom is -0.336 e. The average molecular weight is 612 g/mol. The first-order valence-electron chi connectivity index (χ1n) is 13.9. The standard InChI is InChI=1S/C30H26FN9O3S/c1-44(42,43)28(32)17-9-16(10-19(31)11-17)24-25-22(7-8-34-24)37-29(38-25)27-26-23(39-40-27)6-5-21(36-26)18-12-20(14-33-13-18)35-30(41)15-3-2-4-15/h5-15,28H,2-4,32H2,1H3,(H,35,41)(H,37,38)(H,39,40). The van der Waals surface area contributed by atoms with Gasteiger partial charge in [0, 0.05) is 35.7 Å². The van der Waals surface area contributed by atoms with Crippen molar-refractivity contribution < 1.29 is 17.6 Å². The number of halogens is 1. The predicted octanol–water partition coefficient (Wildman–Crippen LogP) is 4.50. The molecule has 1 aromatic carbocycles. The Kier molecular flexibility index (Phi) is 6.66. The van der Waals surface area contributed by atoms with E-state index < -0.39 is 21.0 Å². The van der Waals surface area contributed by atoms with Crippen LogP contribution in [0.4, 0.5) is 10.1 Å². The first kappa shape index (κ1) is 27.7. The quantitative estimate of drug-likeness (QED) is 0.202. The summed E-state index contributed by atoms with van der Waals surface area (Å²) in [6.07, 6.45) is 8.70. The first-order valence-corrected chi connectivity index (χ1v) is 15.8. The molecule has 14 heteroatoms. The number of nitrogens with two attached hydrogens (primary N) is 1. The second-order valence-electron chi connectivity index (χ2n) is 10.9. The molecule has 1 atom stereocenters. The van der Waals surface area contributed by atoms with Gasteiger partial charge in [0.25, 0.3) is 0 Å². The van der Waals surface area contributed by atoms with Crippen molar-refractivity contribution in [2.75, 3.05) is 11.6 Å². The van der Waals surface area contributed by atoms with Gasteiger partial charge >= 0.3 is 0 Å². The van der Waals surface area contributed by atoms with Crippen molar-refractivity contribution >= 4 is 43.5 Å². The normalized spacial score (nSPS) is 14.5. The molecule has 6 aromatic rings. The zero-order valence-corrected chi connectivity index (χ0v) is 24.2. The van der Waals surface area contributed by atoms with E-state index in [2.05, 4.69) is 30.5 Å². The van der Waals surface area contributed by atoms with Gasteiger partial charge in [0.15, 0.2) is 21.4 Å². The van der Waals surface area contributed by atoms with Gasteiger partial charge < -0.3 is 16.0 Å². The van der Waals surface area contributed by atoms with Crippen LogP contribution >= 0.6 is 0 Å². The van der Waals surface area contributed by atoms with E-state index in [1.54, 1.807) is 24.7 Å². The van der Waals surface area contributed by atoms with Crippen molar-refractivity contribution in [3.05, 3.63) is 72.4 Å². The molecule has 0 bridgehead atoms. The van der Waals surface area contributed by atoms with Gasteiger partial charge in [-0.25, -0.2) is 22.8 Å². The van der Waals surface area contributed by atoms with Gasteiger partial charge in [-0.1, -0.05) is 6.42 Å². The van der Waals surface area contributed by atoms with Crippen molar-refractivity contribution in [1.29, 1.82) is 0 Å². The molecule has 1 unspecified atom stereocenters. The Balaban J connectivity index is 1.26. The lowest BCUT2D eigenvalue weighted by molar-refractivity contribution is -0.122. The summed E-state index contributed by atoms with van der Waals surface area (Å²) in [5.41, 5.74) is 11.3. The largest absolute Gasteiger partial charge is 0.336 e. The third kappa shape index (κ3) is 5.07. The van der Waals surface area contributed by atoms with E-state index in [4.69, 9.17) is 15.7 Å². The Morgan fingerprint density at radius 2 is 1.84 bits per heavy atom. The van der Waals surface area contributed by atoms with Crippen molar-refractivity contribution in [1.82, 2.24) is 35.1 Å². The van der Waals surface area contributed by atoms with Crippen LogP contribution in [-0.4, -0.2) is 55.7 Å². The number of pyridine rings is 3. The number of imidazole rings is 1. The molecule has 222 valence electrons. The summed E-state index contributed by atoms with van der Waals surface area (Å²) in [7, 11) is -3.67. The topological polar surface area (TPSA) is 185 Å². The number of amides is 1. The second-order valence-corrected chi connectivity index (χ2v) is 13.1. The molecule has 1 fully saturated rings. The van der Waals surface area contributed by atoms with Crippen LogP contribution in [0.3, 0.4) is 0 Å². The molecule has 5 N–H and O–H groups in total. The van der Waals surface area contributed by atoms with Gasteiger partial charge in [-0.3, -0.25) is 19.9 Å². The molecular formula is C30H26FN9O3S. The Bertz CT molecular complexity index is 2190. The SMILES string of the molecule is CS(=O)(=O)C(N)c1cc(F)cc(-c2nccc3[nH]c(-c4n[nH]c5ccc(-c6cncc(NC(=O)C7CCC7)c6)nc45)nc23)c1. The number of rotatable bonds is 7. The Morgan fingerprint density at radius 1 is 1.02 bits per heavy atom. The van der Waals surface area contributed by atoms with Crippen molar-refractivity contribution in [2.24, 2.45) is 11.7 Å². The van der Waals surface area contributed by atoms with Crippen LogP contribution in [0.1, 0.15) is 30.2 Å². The first-order chi connectivity index (χ1) is 21.1. The number of fused-ring (bicyclic) bond motifs is 2. The molecule has 0 aliphatic heterocycles. The molecule has 0 saturated heterocycles. The fourth-order valence-corrected chi connectivity index (χ4v) is 5.84. The maximum Gasteiger partial charge on any atom is 0.227 e. The Labute approximate surface area is 250 Å². The molecule has 0 spiro atoms. The van der Waals surface area contributed by atoms with Crippen LogP contribution in [0, 0.1) is 11.7 Å². The van der Waals surface area contributed by atoms with Crippen LogP contribution in [0.25, 0.3) is 56.1 Å². The molecule has 5 heterocycles. The van der Waals surface area contributed by atoms with Crippen LogP contribution in [0.15, 0.2) is 61.1 Å². The zero-order chi connectivity index (χ0) is 30.6. The van der Waals surface area contributed by atoms with Gasteiger partial charge in [0.2, 0.25) is 5.91 Å². The van der Waals surface area contributed by atoms with E-state index in [1.807, 2.05) is 18.2 Å². The number of aromatic amines is 2. The molecule has 12 nitrogen and oxygen atoms in total. The highest BCUT2D eigenvalue weighted by Crippen LogP contribution is 2.33. The number of carbonyl (C=O) groups excluding carboxylic acids is 1. The molecule has 1 aliphatic rings. The van der Waals surface area contributed by atoms with Crippen LogP contribution < -0.4 is 11.1 Å². The number of H-pyrrole nitrogens is 2. The smallest absolute Gasteiger partial charge is 0.227 e. The number of carbonyl (C=O) groups is 1. The van der Waals surface area contributed by atoms with E-state index in [1.165, 1.54) is 12.1 Å². The third-order valence-electron chi connectivity index (χ3n) is 7.79. The Morgan fingerprint density at radius 3 is 2.61 bits per heavy atom. The predicted molar refractivity (Wildman–Crippen MR) is 163 cm³/mol. The Hall–Kier alpha value is -5.08. The minimum atomic E-state index is -3.67. The molecule has 44 heavy (non-hydrogen) atoms. The summed E-state index contributed by atoms with van der Waals surface area (Å²) >= 11 is 0. The number of aromatic nitrogens is 7. The van der Waals surface area contributed by atoms with Crippen LogP contribution in [0.2, 0.25) is 0 Å². The molecule has 1 saturated carbocycles. The van der Waals surface area contributed by atoms with E-state index in [0.717, 1.165) is 37.1 Å². The van der Waals surface area contributed by atoms with Crippen LogP contribution in [0.5, 0.6) is 0 Å². The van der Waals surface area contributed by atoms with E-state index in [-0.39, 0.29) is 17.4 Å². The van der Waals surface area contributed by atoms with Crippen molar-refractivity contribution in [2.45, 2.75) is 24.6 Å². The summed E-state index contributed by atoms with van der Waals surface area (Å²) in [5.74, 6) is -0.201. The highest BCUT2D eigenvalue weighted by molar-refractivity contribution is 7.90. The van der Waals surface area contributed by atoms with Gasteiger partial charge in [-0.05, 0) is 60.9 Å². The lowest BCUT2D eigenvalue weighted by atomic mass is 9.85. The van der Waals surface area contributed by atoms with Gasteiger partial charge in [0.1, 0.15) is 22.2 Å². The zero-order valence-electron chi connectivity index (χ0n) is 23.4. The monoisotopic (exact) mass is 611 g/mol. The summed E-state index contributed by atoms with van der Waals surface area (Å²) in [4.78, 5) is 34.0. The highest BCUT2D eigenvalue weighted by Gasteiger charge is 2.25. The molecule has 0 radical (unpaired) electrons. The van der Waals surface area contributed by atoms with Gasteiger partial charge in [-0.2, -0.15) is 5.10 Å². The number of hydrogen-bond donors (Lipinski definition) is 4. The molecular weight excluding hydrogens is 585 g/mol. The van der Waals surface area contributed by atoms with E-state index >= 15 is 0 Å². The molecule has 1 aliphatic carbocycles. The summed E-state index contributed by atoms with van der Waals surface area (Å²) in [6, 6.07) is 11.1. The maximum atomic E-state index is 14.6. The lowest BCUT2D eigenvalue weighted by Gasteiger charge is -2.24. The minimum absolute atomic E-state index is 0.00202. The number of benzene rings is 1. The number of anilines is 1. The second kappa shape index (κ2) is 10.6. The van der Waals surface area contributed by atoms with Crippen LogP contribution in [-0.2, 0) is 14.6 Å². The fourth-order valence-electron chi connectivity index (χ4n) is 5.21. The fraction of sp³-hybridized carbons (Fsp3) is 0.200. The third-order valence-corrected chi connectivity index (χ3v) is 8.99. The number of hydrogen-bond acceptors (Lipinski definition) is 9. The number of nitrogens with one attached hydrogen (secondary N) is 3. The molecule has 7 rings (SSSR count). The number of nitrogens with zero attached hydrogens (tertiary/aromatic N) is 5. The number of sulfone groups is 1. The van der Waals surface area contributed by atoms with Gasteiger partial charge in [0.05, 0.1) is 34.3 Å². The van der Waals surface area contributed by atoms with Gasteiger partial charge in [-0.15, -0.1) is 0 Å². The summed E-state index contributed by atoms with van der Waals surface area (Å²) in [6.45, 7) is 0. The highest BCUT2D eigenvalue weighted by atomic mass is 32.2. The van der Waals surface area contributed by atoms with E-state index in [9.17, 15) is 17.6 Å². The lowest BCUT2D eigenvalue weighted by Crippen LogP contribution is -2.28. The average Bonchev–Trinajstić information content (AvgIpc) is 3.59. The maximum absolute atomic E-state index is 14.6. The molecule has 5 aromatic heterocycles. The van der Waals surface area contributed by atoms with Crippen molar-refractivity contribution in [3.8, 4) is 34.0 Å². The molecule has 1 amide bonds. The summed E-state index contributed by atoms with van der Waals surface area (Å²) in [5, 5.41) is 8.99. The summed E-state index contributed by atoms with van der Waals surface area (Å²) < 4.78 is 38.7. The van der Waals surface area contributed by atoms with Crippen molar-refractivity contribution in [3.63, 3.8) is 0 Å². The van der Waals surface area contributed by atoms with E-state index in [0.29, 0.717) is 56.2 Å².